The third-order valence-corrected chi connectivity index (χ3v) is 4.06. The molecule has 0 radical (unpaired) electrons. The van der Waals surface area contributed by atoms with Crippen LogP contribution in [0.15, 0.2) is 0 Å². The average Bonchev–Trinajstić information content (AvgIpc) is 2.76. The second kappa shape index (κ2) is 8.13. The van der Waals surface area contributed by atoms with Crippen molar-refractivity contribution in [3.8, 4) is 0 Å². The predicted molar refractivity (Wildman–Crippen MR) is 79.5 cm³/mol. The zero-order chi connectivity index (χ0) is 15.8. The predicted octanol–water partition coefficient (Wildman–Crippen LogP) is 1.92. The summed E-state index contributed by atoms with van der Waals surface area (Å²) in [6, 6.07) is -2.50. The van der Waals surface area contributed by atoms with Crippen molar-refractivity contribution < 1.29 is 26.7 Å². The van der Waals surface area contributed by atoms with Gasteiger partial charge in [-0.1, -0.05) is 0 Å². The van der Waals surface area contributed by atoms with Gasteiger partial charge < -0.3 is 4.90 Å². The van der Waals surface area contributed by atoms with Crippen LogP contribution in [-0.2, 0) is 4.79 Å². The molecule has 0 spiro atoms. The maximum atomic E-state index is 13.1. The molecule has 1 N–H and O–H groups in total. The number of piperazine rings is 1. The zero-order valence-corrected chi connectivity index (χ0v) is 14.0. The second-order valence-corrected chi connectivity index (χ2v) is 5.57. The molecule has 0 bridgehead atoms. The zero-order valence-electron chi connectivity index (χ0n) is 12.4. The van der Waals surface area contributed by atoms with Crippen molar-refractivity contribution in [2.75, 3.05) is 32.7 Å². The number of hydrogen-bond donors (Lipinski definition) is 1. The fraction of sp³-hybridized carbons (Fsp3) is 0.917. The highest BCUT2D eigenvalue weighted by molar-refractivity contribution is 5.85. The van der Waals surface area contributed by atoms with E-state index in [4.69, 9.17) is 0 Å². The van der Waals surface area contributed by atoms with Crippen LogP contribution in [0.4, 0.5) is 22.0 Å². The number of rotatable bonds is 2. The first-order valence-corrected chi connectivity index (χ1v) is 6.81. The Balaban J connectivity index is 0.00000242. The number of nitrogens with zero attached hydrogens (tertiary/aromatic N) is 2. The van der Waals surface area contributed by atoms with Crippen molar-refractivity contribution in [3.05, 3.63) is 0 Å². The van der Waals surface area contributed by atoms with E-state index >= 15 is 0 Å². The van der Waals surface area contributed by atoms with Gasteiger partial charge in [-0.25, -0.2) is 8.78 Å². The van der Waals surface area contributed by atoms with Crippen LogP contribution in [0.2, 0.25) is 0 Å². The molecule has 2 fully saturated rings. The van der Waals surface area contributed by atoms with Crippen LogP contribution in [0.25, 0.3) is 0 Å². The molecule has 2 atom stereocenters. The molecule has 2 rings (SSSR count). The van der Waals surface area contributed by atoms with E-state index in [2.05, 4.69) is 5.32 Å². The molecule has 0 aromatic rings. The summed E-state index contributed by atoms with van der Waals surface area (Å²) in [6.45, 7) is 0.988. The number of amides is 1. The molecule has 11 heteroatoms. The Bertz CT molecular complexity index is 403. The molecule has 23 heavy (non-hydrogen) atoms. The quantitative estimate of drug-likeness (QED) is 0.735. The fourth-order valence-corrected chi connectivity index (χ4v) is 2.65. The van der Waals surface area contributed by atoms with E-state index in [1.54, 1.807) is 0 Å². The highest BCUT2D eigenvalue weighted by Crippen LogP contribution is 2.27. The molecule has 0 aromatic carbocycles. The Morgan fingerprint density at radius 2 is 1.70 bits per heavy atom. The van der Waals surface area contributed by atoms with Crippen LogP contribution < -0.4 is 5.32 Å². The SMILES string of the molecule is CC(N1CCN(C(=O)C2CC(F)(F)CN2)CC1)C(F)(F)F.Cl.Cl. The fourth-order valence-electron chi connectivity index (χ4n) is 2.65. The molecule has 2 heterocycles. The molecule has 2 unspecified atom stereocenters. The van der Waals surface area contributed by atoms with Crippen LogP contribution in [0.3, 0.4) is 0 Å². The number of carbonyl (C=O) groups excluding carboxylic acids is 1. The van der Waals surface area contributed by atoms with Crippen molar-refractivity contribution in [3.63, 3.8) is 0 Å². The topological polar surface area (TPSA) is 35.6 Å². The number of alkyl halides is 5. The third kappa shape index (κ3) is 5.58. The van der Waals surface area contributed by atoms with Crippen molar-refractivity contribution in [1.29, 1.82) is 0 Å². The molecule has 4 nitrogen and oxygen atoms in total. The van der Waals surface area contributed by atoms with Crippen molar-refractivity contribution in [2.45, 2.75) is 37.5 Å². The van der Waals surface area contributed by atoms with E-state index in [1.165, 1.54) is 9.80 Å². The smallest absolute Gasteiger partial charge is 0.339 e. The van der Waals surface area contributed by atoms with E-state index in [-0.39, 0.29) is 51.0 Å². The molecule has 138 valence electrons. The van der Waals surface area contributed by atoms with Gasteiger partial charge in [0.2, 0.25) is 5.91 Å². The van der Waals surface area contributed by atoms with E-state index in [0.717, 1.165) is 6.92 Å². The number of carbonyl (C=O) groups is 1. The monoisotopic (exact) mass is 387 g/mol. The van der Waals surface area contributed by atoms with Gasteiger partial charge in [0.1, 0.15) is 6.04 Å². The molecule has 2 aliphatic rings. The van der Waals surface area contributed by atoms with Crippen molar-refractivity contribution >= 4 is 30.7 Å². The van der Waals surface area contributed by atoms with E-state index in [0.29, 0.717) is 0 Å². The van der Waals surface area contributed by atoms with Gasteiger partial charge in [-0.15, -0.1) is 24.8 Å². The summed E-state index contributed by atoms with van der Waals surface area (Å²) >= 11 is 0. The lowest BCUT2D eigenvalue weighted by molar-refractivity contribution is -0.183. The van der Waals surface area contributed by atoms with E-state index in [1.807, 2.05) is 0 Å². The summed E-state index contributed by atoms with van der Waals surface area (Å²) in [5, 5.41) is 2.47. The Morgan fingerprint density at radius 3 is 2.09 bits per heavy atom. The first-order valence-electron chi connectivity index (χ1n) is 6.81. The van der Waals surface area contributed by atoms with Gasteiger partial charge in [-0.2, -0.15) is 13.2 Å². The Labute approximate surface area is 143 Å². The molecule has 1 amide bonds. The summed E-state index contributed by atoms with van der Waals surface area (Å²) < 4.78 is 63.9. The van der Waals surface area contributed by atoms with Crippen LogP contribution in [0, 0.1) is 0 Å². The van der Waals surface area contributed by atoms with Gasteiger partial charge in [0.05, 0.1) is 12.6 Å². The van der Waals surface area contributed by atoms with Gasteiger partial charge in [0.15, 0.2) is 0 Å². The van der Waals surface area contributed by atoms with Crippen LogP contribution >= 0.6 is 24.8 Å². The van der Waals surface area contributed by atoms with E-state index < -0.39 is 43.1 Å². The van der Waals surface area contributed by atoms with Crippen LogP contribution in [0.1, 0.15) is 13.3 Å². The Kier molecular flexibility index (Phi) is 8.00. The first-order chi connectivity index (χ1) is 9.60. The molecule has 0 aliphatic carbocycles. The summed E-state index contributed by atoms with van der Waals surface area (Å²) in [5.74, 6) is -3.35. The molecular weight excluding hydrogens is 368 g/mol. The largest absolute Gasteiger partial charge is 0.403 e. The van der Waals surface area contributed by atoms with Crippen LogP contribution in [-0.4, -0.2) is 72.6 Å². The minimum Gasteiger partial charge on any atom is -0.339 e. The van der Waals surface area contributed by atoms with Gasteiger partial charge in [-0.3, -0.25) is 15.0 Å². The van der Waals surface area contributed by atoms with Gasteiger partial charge in [0, 0.05) is 32.6 Å². The third-order valence-electron chi connectivity index (χ3n) is 4.06. The molecule has 0 saturated carbocycles. The lowest BCUT2D eigenvalue weighted by atomic mass is 10.1. The molecule has 2 aliphatic heterocycles. The number of hydrogen-bond acceptors (Lipinski definition) is 3. The maximum absolute atomic E-state index is 13.1. The van der Waals surface area contributed by atoms with Crippen LogP contribution in [0.5, 0.6) is 0 Å². The van der Waals surface area contributed by atoms with Gasteiger partial charge in [-0.05, 0) is 6.92 Å². The molecule has 0 aromatic heterocycles. The minimum atomic E-state index is -4.30. The summed E-state index contributed by atoms with van der Waals surface area (Å²) in [5.41, 5.74) is 0. The number of nitrogens with one attached hydrogen (secondary N) is 1. The molecular formula is C12H20Cl2F5N3O. The standard InChI is InChI=1S/C12H18F5N3O.2ClH/c1-8(12(15,16)17)19-2-4-20(5-3-19)10(21)9-6-11(13,14)7-18-9;;/h8-9,18H,2-7H2,1H3;2*1H. The van der Waals surface area contributed by atoms with E-state index in [9.17, 15) is 26.7 Å². The van der Waals surface area contributed by atoms with Gasteiger partial charge in [0.25, 0.3) is 5.92 Å². The normalized spacial score (nSPS) is 26.2. The molecule has 2 saturated heterocycles. The highest BCUT2D eigenvalue weighted by atomic mass is 35.5. The van der Waals surface area contributed by atoms with Gasteiger partial charge >= 0.3 is 6.18 Å². The lowest BCUT2D eigenvalue weighted by Crippen LogP contribution is -2.57. The summed E-state index contributed by atoms with van der Waals surface area (Å²) in [4.78, 5) is 14.7. The summed E-state index contributed by atoms with van der Waals surface area (Å²) in [7, 11) is 0. The highest BCUT2D eigenvalue weighted by Gasteiger charge is 2.45. The first kappa shape index (κ1) is 22.6. The summed E-state index contributed by atoms with van der Waals surface area (Å²) in [6.07, 6.45) is -4.85. The van der Waals surface area contributed by atoms with Crippen molar-refractivity contribution in [2.24, 2.45) is 0 Å². The maximum Gasteiger partial charge on any atom is 0.403 e. The van der Waals surface area contributed by atoms with Crippen molar-refractivity contribution in [1.82, 2.24) is 15.1 Å². The Hall–Kier alpha value is -0.380. The minimum absolute atomic E-state index is 0. The number of halogens is 7. The lowest BCUT2D eigenvalue weighted by Gasteiger charge is -2.39. The Morgan fingerprint density at radius 1 is 1.17 bits per heavy atom. The second-order valence-electron chi connectivity index (χ2n) is 5.57. The average molecular weight is 388 g/mol.